The zero-order valence-electron chi connectivity index (χ0n) is 24.9. The van der Waals surface area contributed by atoms with Crippen molar-refractivity contribution in [3.05, 3.63) is 80.1 Å². The summed E-state index contributed by atoms with van der Waals surface area (Å²) in [5.74, 6) is -4.97. The summed E-state index contributed by atoms with van der Waals surface area (Å²) in [5, 5.41) is 54.6. The van der Waals surface area contributed by atoms with E-state index in [1.165, 1.54) is 17.2 Å². The molecule has 2 aromatic rings. The lowest BCUT2D eigenvalue weighted by Gasteiger charge is -2.51. The molecular formula is C33H37ClN4O6. The van der Waals surface area contributed by atoms with Crippen molar-refractivity contribution in [1.82, 2.24) is 9.80 Å². The number of benzene rings is 2. The smallest absolute Gasteiger partial charge is 0.254 e. The number of Topliss-reactive ketones (excluding diaryl/α,β-unsaturated/α-hetero) is 1. The molecular weight excluding hydrogens is 584 g/mol. The van der Waals surface area contributed by atoms with Crippen LogP contribution in [0.4, 0.5) is 0 Å². The van der Waals surface area contributed by atoms with Crippen molar-refractivity contribution in [1.29, 1.82) is 5.41 Å². The Bertz CT molecular complexity index is 1660. The molecule has 0 heterocycles. The van der Waals surface area contributed by atoms with Gasteiger partial charge in [0.1, 0.15) is 22.8 Å². The van der Waals surface area contributed by atoms with Gasteiger partial charge in [-0.15, -0.1) is 0 Å². The number of nitrogens with one attached hydrogen (secondary N) is 1. The van der Waals surface area contributed by atoms with Crippen LogP contribution in [-0.2, 0) is 35.4 Å². The summed E-state index contributed by atoms with van der Waals surface area (Å²) in [6.07, 6.45) is 2.11. The zero-order valence-corrected chi connectivity index (χ0v) is 25.6. The summed E-state index contributed by atoms with van der Waals surface area (Å²) < 4.78 is 0. The van der Waals surface area contributed by atoms with Gasteiger partial charge in [0, 0.05) is 29.1 Å². The van der Waals surface area contributed by atoms with Crippen LogP contribution in [0, 0.1) is 17.2 Å². The van der Waals surface area contributed by atoms with Gasteiger partial charge in [0.05, 0.1) is 17.3 Å². The quantitative estimate of drug-likeness (QED) is 0.286. The minimum absolute atomic E-state index is 0.0248. The molecule has 0 bridgehead atoms. The lowest BCUT2D eigenvalue weighted by molar-refractivity contribution is -0.138. The van der Waals surface area contributed by atoms with E-state index in [9.17, 15) is 30.0 Å². The number of likely N-dealkylation sites (N-methyl/N-ethyl adjacent to an activating group) is 2. The number of nitrogens with two attached hydrogens (primary N) is 1. The first-order valence-corrected chi connectivity index (χ1v) is 15.2. The van der Waals surface area contributed by atoms with Crippen molar-refractivity contribution in [2.24, 2.45) is 17.6 Å². The molecule has 4 aliphatic carbocycles. The molecule has 7 N–H and O–H groups in total. The van der Waals surface area contributed by atoms with Gasteiger partial charge in [0.15, 0.2) is 5.60 Å². The molecule has 10 nitrogen and oxygen atoms in total. The number of hydrogen-bond acceptors (Lipinski definition) is 9. The van der Waals surface area contributed by atoms with Gasteiger partial charge in [0.25, 0.3) is 5.91 Å². The van der Waals surface area contributed by atoms with E-state index < -0.39 is 58.0 Å². The Hall–Kier alpha value is -3.70. The third-order valence-electron chi connectivity index (χ3n) is 10.1. The number of aliphatic hydroxyl groups excluding tert-OH is 2. The standard InChI is InChI=1S/C33H37ClN4O6/c1-4-38(19-9-15-7-5-6-8-16(15)10-19)14-18-13-22(39)24-20(26(18)34)11-17-12-21-27(37(2)3)29(41)25(32(36)43)30(35)33(21,44)31(42)23(17)28(24)40/h5-8,13,17,19,21,27,35,39-41,44H,4,9-12,14H2,1-3H3,(H2,36,43)/t17-,21-,27-,33+/m0/s1. The van der Waals surface area contributed by atoms with Crippen LogP contribution in [0.5, 0.6) is 5.75 Å². The minimum atomic E-state index is -2.53. The number of amides is 1. The van der Waals surface area contributed by atoms with Crippen molar-refractivity contribution in [3.63, 3.8) is 0 Å². The molecule has 6 rings (SSSR count). The van der Waals surface area contributed by atoms with E-state index in [1.807, 2.05) is 12.1 Å². The van der Waals surface area contributed by atoms with Crippen LogP contribution >= 0.6 is 11.6 Å². The number of primary amides is 1. The number of nitrogens with zero attached hydrogens (tertiary/aromatic N) is 2. The number of ketones is 1. The van der Waals surface area contributed by atoms with Gasteiger partial charge in [0.2, 0.25) is 5.78 Å². The molecule has 4 aliphatic rings. The fraction of sp³-hybridized carbons (Fsp3) is 0.424. The third kappa shape index (κ3) is 4.30. The lowest BCUT2D eigenvalue weighted by Crippen LogP contribution is -2.67. The summed E-state index contributed by atoms with van der Waals surface area (Å²) in [7, 11) is 3.25. The normalized spacial score (nSPS) is 26.7. The highest BCUT2D eigenvalue weighted by Crippen LogP contribution is 2.53. The Balaban J connectivity index is 1.39. The second kappa shape index (κ2) is 10.7. The second-order valence-electron chi connectivity index (χ2n) is 12.6. The third-order valence-corrected chi connectivity index (χ3v) is 10.6. The van der Waals surface area contributed by atoms with E-state index in [4.69, 9.17) is 22.7 Å². The molecule has 4 atom stereocenters. The molecule has 0 unspecified atom stereocenters. The van der Waals surface area contributed by atoms with Crippen molar-refractivity contribution in [2.75, 3.05) is 20.6 Å². The highest BCUT2D eigenvalue weighted by Gasteiger charge is 2.63. The van der Waals surface area contributed by atoms with Crippen molar-refractivity contribution < 1.29 is 30.0 Å². The van der Waals surface area contributed by atoms with Gasteiger partial charge < -0.3 is 31.6 Å². The topological polar surface area (TPSA) is 171 Å². The number of halogens is 1. The number of phenols is 1. The maximum absolute atomic E-state index is 14.1. The zero-order chi connectivity index (χ0) is 31.8. The predicted octanol–water partition coefficient (Wildman–Crippen LogP) is 3.06. The monoisotopic (exact) mass is 620 g/mol. The van der Waals surface area contributed by atoms with Crippen LogP contribution < -0.4 is 5.73 Å². The van der Waals surface area contributed by atoms with Gasteiger partial charge >= 0.3 is 0 Å². The molecule has 2 aromatic carbocycles. The Labute approximate surface area is 260 Å². The molecule has 1 amide bonds. The van der Waals surface area contributed by atoms with E-state index in [0.29, 0.717) is 22.7 Å². The Kier molecular flexibility index (Phi) is 7.40. The number of aliphatic hydroxyl groups is 3. The first kappa shape index (κ1) is 30.3. The molecule has 1 fully saturated rings. The summed E-state index contributed by atoms with van der Waals surface area (Å²) in [6, 6.07) is 9.20. The molecule has 0 aromatic heterocycles. The molecule has 0 radical (unpaired) electrons. The minimum Gasteiger partial charge on any atom is -0.510 e. The Morgan fingerprint density at radius 2 is 1.77 bits per heavy atom. The van der Waals surface area contributed by atoms with Gasteiger partial charge in [-0.25, -0.2) is 0 Å². The molecule has 0 aliphatic heterocycles. The SMILES string of the molecule is CCN(Cc1cc(O)c2c(c1Cl)C[C@H]1C[C@H]3[C@H](N(C)C)C(O)=C(C(N)=O)C(=N)[C@@]3(O)C(=O)C1=C2O)C1Cc2ccccc2C1. The highest BCUT2D eigenvalue weighted by atomic mass is 35.5. The number of rotatable bonds is 6. The molecule has 44 heavy (non-hydrogen) atoms. The summed E-state index contributed by atoms with van der Waals surface area (Å²) in [4.78, 5) is 30.2. The van der Waals surface area contributed by atoms with Crippen molar-refractivity contribution in [3.8, 4) is 5.75 Å². The summed E-state index contributed by atoms with van der Waals surface area (Å²) in [6.45, 7) is 3.33. The highest BCUT2D eigenvalue weighted by molar-refractivity contribution is 6.34. The van der Waals surface area contributed by atoms with E-state index in [2.05, 4.69) is 24.0 Å². The van der Waals surface area contributed by atoms with Crippen molar-refractivity contribution in [2.45, 2.75) is 56.8 Å². The average Bonchev–Trinajstić information content (AvgIpc) is 3.39. The number of hydrogen-bond donors (Lipinski definition) is 6. The van der Waals surface area contributed by atoms with Crippen LogP contribution in [0.15, 0.2) is 47.2 Å². The molecule has 232 valence electrons. The number of phenolic OH excluding ortho intramolecular Hbond substituents is 1. The van der Waals surface area contributed by atoms with Gasteiger partial charge in [-0.05, 0) is 80.6 Å². The van der Waals surface area contributed by atoms with Crippen LogP contribution in [-0.4, -0.2) is 86.0 Å². The average molecular weight is 621 g/mol. The molecule has 11 heteroatoms. The predicted molar refractivity (Wildman–Crippen MR) is 166 cm³/mol. The molecule has 0 spiro atoms. The molecule has 1 saturated carbocycles. The fourth-order valence-electron chi connectivity index (χ4n) is 8.03. The maximum atomic E-state index is 14.1. The van der Waals surface area contributed by atoms with E-state index >= 15 is 0 Å². The van der Waals surface area contributed by atoms with Crippen molar-refractivity contribution >= 4 is 34.8 Å². The largest absolute Gasteiger partial charge is 0.510 e. The van der Waals surface area contributed by atoms with Crippen LogP contribution in [0.25, 0.3) is 5.76 Å². The number of carbonyl (C=O) groups excluding carboxylic acids is 2. The van der Waals surface area contributed by atoms with Crippen LogP contribution in [0.1, 0.15) is 41.2 Å². The maximum Gasteiger partial charge on any atom is 0.254 e. The molecule has 0 saturated heterocycles. The summed E-state index contributed by atoms with van der Waals surface area (Å²) >= 11 is 7.03. The fourth-order valence-corrected chi connectivity index (χ4v) is 8.32. The number of carbonyl (C=O) groups is 2. The van der Waals surface area contributed by atoms with E-state index in [0.717, 1.165) is 19.4 Å². The van der Waals surface area contributed by atoms with Gasteiger partial charge in [-0.1, -0.05) is 42.8 Å². The van der Waals surface area contributed by atoms with Gasteiger partial charge in [-0.2, -0.15) is 0 Å². The van der Waals surface area contributed by atoms with Crippen LogP contribution in [0.2, 0.25) is 5.02 Å². The van der Waals surface area contributed by atoms with E-state index in [-0.39, 0.29) is 35.8 Å². The Morgan fingerprint density at radius 1 is 1.14 bits per heavy atom. The van der Waals surface area contributed by atoms with E-state index in [1.54, 1.807) is 19.0 Å². The number of fused-ring (bicyclic) bond motifs is 4. The Morgan fingerprint density at radius 3 is 2.34 bits per heavy atom. The lowest BCUT2D eigenvalue weighted by atomic mass is 9.57. The summed E-state index contributed by atoms with van der Waals surface area (Å²) in [5.41, 5.74) is 5.27. The second-order valence-corrected chi connectivity index (χ2v) is 13.0. The van der Waals surface area contributed by atoms with Gasteiger partial charge in [-0.3, -0.25) is 19.4 Å². The first-order valence-electron chi connectivity index (χ1n) is 14.8. The number of aromatic hydroxyl groups is 1. The first-order chi connectivity index (χ1) is 20.8. The van der Waals surface area contributed by atoms with Crippen LogP contribution in [0.3, 0.4) is 0 Å².